The van der Waals surface area contributed by atoms with E-state index in [-0.39, 0.29) is 6.04 Å². The standard InChI is InChI=1S/C14H12BrCl3N2/c15-10-3-9(4-12(17)6-10)14(20-19)5-8-1-2-11(16)7-13(8)18/h1-4,6-7,14,20H,5,19H2. The van der Waals surface area contributed by atoms with Gasteiger partial charge in [0.2, 0.25) is 0 Å². The predicted octanol–water partition coefficient (Wildman–Crippen LogP) is 5.16. The minimum atomic E-state index is -0.0938. The highest BCUT2D eigenvalue weighted by Gasteiger charge is 2.14. The molecule has 0 aliphatic heterocycles. The number of benzene rings is 2. The maximum Gasteiger partial charge on any atom is 0.0501 e. The molecule has 2 aromatic carbocycles. The smallest absolute Gasteiger partial charge is 0.0501 e. The van der Waals surface area contributed by atoms with E-state index < -0.39 is 0 Å². The number of hydrogen-bond donors (Lipinski definition) is 2. The van der Waals surface area contributed by atoms with Crippen molar-refractivity contribution in [3.63, 3.8) is 0 Å². The van der Waals surface area contributed by atoms with Crippen LogP contribution in [0.1, 0.15) is 17.2 Å². The molecule has 0 saturated heterocycles. The van der Waals surface area contributed by atoms with E-state index >= 15 is 0 Å². The van der Waals surface area contributed by atoms with Gasteiger partial charge in [-0.3, -0.25) is 11.3 Å². The highest BCUT2D eigenvalue weighted by molar-refractivity contribution is 9.10. The zero-order valence-electron chi connectivity index (χ0n) is 10.3. The lowest BCUT2D eigenvalue weighted by Crippen LogP contribution is -2.29. The summed E-state index contributed by atoms with van der Waals surface area (Å²) in [5.41, 5.74) is 4.74. The van der Waals surface area contributed by atoms with Crippen molar-refractivity contribution in [3.8, 4) is 0 Å². The molecule has 0 aromatic heterocycles. The van der Waals surface area contributed by atoms with Crippen LogP contribution in [-0.2, 0) is 6.42 Å². The summed E-state index contributed by atoms with van der Waals surface area (Å²) in [6.45, 7) is 0. The van der Waals surface area contributed by atoms with E-state index in [9.17, 15) is 0 Å². The minimum absolute atomic E-state index is 0.0938. The van der Waals surface area contributed by atoms with Crippen LogP contribution in [0.4, 0.5) is 0 Å². The molecule has 0 radical (unpaired) electrons. The van der Waals surface area contributed by atoms with Crippen LogP contribution in [0.2, 0.25) is 15.1 Å². The van der Waals surface area contributed by atoms with Gasteiger partial charge in [0.25, 0.3) is 0 Å². The SMILES string of the molecule is NNC(Cc1ccc(Cl)cc1Cl)c1cc(Cl)cc(Br)c1. The summed E-state index contributed by atoms with van der Waals surface area (Å²) >= 11 is 21.6. The number of halogens is 4. The van der Waals surface area contributed by atoms with Crippen LogP contribution in [0.25, 0.3) is 0 Å². The van der Waals surface area contributed by atoms with E-state index in [1.807, 2.05) is 30.3 Å². The number of nitrogens with one attached hydrogen (secondary N) is 1. The molecule has 2 aromatic rings. The fraction of sp³-hybridized carbons (Fsp3) is 0.143. The molecule has 0 fully saturated rings. The van der Waals surface area contributed by atoms with E-state index in [2.05, 4.69) is 21.4 Å². The van der Waals surface area contributed by atoms with Gasteiger partial charge in [-0.05, 0) is 47.9 Å². The number of nitrogens with two attached hydrogens (primary N) is 1. The molecule has 0 bridgehead atoms. The predicted molar refractivity (Wildman–Crippen MR) is 89.4 cm³/mol. The monoisotopic (exact) mass is 392 g/mol. The second-order valence-corrected chi connectivity index (χ2v) is 6.56. The van der Waals surface area contributed by atoms with Crippen LogP contribution in [-0.4, -0.2) is 0 Å². The third-order valence-corrected chi connectivity index (χ3v) is 4.19. The van der Waals surface area contributed by atoms with Crippen LogP contribution < -0.4 is 11.3 Å². The summed E-state index contributed by atoms with van der Waals surface area (Å²) in [6.07, 6.45) is 0.638. The molecule has 0 saturated carbocycles. The molecule has 6 heteroatoms. The largest absolute Gasteiger partial charge is 0.271 e. The Balaban J connectivity index is 2.28. The summed E-state index contributed by atoms with van der Waals surface area (Å²) < 4.78 is 0.905. The lowest BCUT2D eigenvalue weighted by atomic mass is 9.99. The average Bonchev–Trinajstić information content (AvgIpc) is 2.36. The summed E-state index contributed by atoms with van der Waals surface area (Å²) in [5, 5.41) is 1.89. The molecule has 20 heavy (non-hydrogen) atoms. The summed E-state index contributed by atoms with van der Waals surface area (Å²) in [7, 11) is 0. The molecule has 0 spiro atoms. The minimum Gasteiger partial charge on any atom is -0.271 e. The Labute approximate surface area is 141 Å². The quantitative estimate of drug-likeness (QED) is 0.555. The molecule has 0 amide bonds. The second-order valence-electron chi connectivity index (χ2n) is 4.36. The lowest BCUT2D eigenvalue weighted by molar-refractivity contribution is 0.552. The van der Waals surface area contributed by atoms with Crippen molar-refractivity contribution in [3.05, 3.63) is 67.1 Å². The van der Waals surface area contributed by atoms with Gasteiger partial charge in [-0.2, -0.15) is 0 Å². The molecule has 0 aliphatic carbocycles. The Kier molecular flexibility index (Phi) is 5.73. The van der Waals surface area contributed by atoms with Gasteiger partial charge >= 0.3 is 0 Å². The van der Waals surface area contributed by atoms with Crippen LogP contribution >= 0.6 is 50.7 Å². The zero-order chi connectivity index (χ0) is 14.7. The van der Waals surface area contributed by atoms with Crippen molar-refractivity contribution in [1.82, 2.24) is 5.43 Å². The summed E-state index contributed by atoms with van der Waals surface area (Å²) in [4.78, 5) is 0. The second kappa shape index (κ2) is 7.12. The van der Waals surface area contributed by atoms with Crippen LogP contribution in [0.3, 0.4) is 0 Å². The van der Waals surface area contributed by atoms with Crippen LogP contribution in [0, 0.1) is 0 Å². The van der Waals surface area contributed by atoms with E-state index in [0.717, 1.165) is 15.6 Å². The van der Waals surface area contributed by atoms with Gasteiger partial charge in [0.05, 0.1) is 6.04 Å². The van der Waals surface area contributed by atoms with Gasteiger partial charge in [-0.1, -0.05) is 56.8 Å². The summed E-state index contributed by atoms with van der Waals surface area (Å²) in [6, 6.07) is 11.0. The normalized spacial score (nSPS) is 12.4. The molecule has 0 heterocycles. The molecule has 1 atom stereocenters. The first-order chi connectivity index (χ1) is 9.49. The Morgan fingerprint density at radius 2 is 1.80 bits per heavy atom. The number of hydrogen-bond acceptors (Lipinski definition) is 2. The highest BCUT2D eigenvalue weighted by atomic mass is 79.9. The maximum absolute atomic E-state index is 6.19. The van der Waals surface area contributed by atoms with Gasteiger partial charge in [0.15, 0.2) is 0 Å². The van der Waals surface area contributed by atoms with Gasteiger partial charge in [-0.25, -0.2) is 0 Å². The number of hydrazine groups is 1. The fourth-order valence-electron chi connectivity index (χ4n) is 1.96. The van der Waals surface area contributed by atoms with Gasteiger partial charge in [0, 0.05) is 19.5 Å². The molecular formula is C14H12BrCl3N2. The molecule has 2 nitrogen and oxygen atoms in total. The Morgan fingerprint density at radius 1 is 1.05 bits per heavy atom. The van der Waals surface area contributed by atoms with Crippen LogP contribution in [0.5, 0.6) is 0 Å². The van der Waals surface area contributed by atoms with Crippen molar-refractivity contribution in [1.29, 1.82) is 0 Å². The van der Waals surface area contributed by atoms with E-state index in [1.165, 1.54) is 0 Å². The third kappa shape index (κ3) is 4.10. The molecule has 0 aliphatic rings. The molecule has 106 valence electrons. The van der Waals surface area contributed by atoms with Crippen molar-refractivity contribution in [2.45, 2.75) is 12.5 Å². The fourth-order valence-corrected chi connectivity index (χ4v) is 3.33. The molecular weight excluding hydrogens is 382 g/mol. The third-order valence-electron chi connectivity index (χ3n) is 2.93. The molecule has 2 rings (SSSR count). The van der Waals surface area contributed by atoms with Gasteiger partial charge in [0.1, 0.15) is 0 Å². The lowest BCUT2D eigenvalue weighted by Gasteiger charge is -2.18. The summed E-state index contributed by atoms with van der Waals surface area (Å²) in [5.74, 6) is 5.66. The van der Waals surface area contributed by atoms with Crippen LogP contribution in [0.15, 0.2) is 40.9 Å². The average molecular weight is 395 g/mol. The Morgan fingerprint density at radius 3 is 2.40 bits per heavy atom. The van der Waals surface area contributed by atoms with E-state index in [0.29, 0.717) is 21.5 Å². The van der Waals surface area contributed by atoms with Crippen molar-refractivity contribution in [2.24, 2.45) is 5.84 Å². The van der Waals surface area contributed by atoms with Crippen molar-refractivity contribution in [2.75, 3.05) is 0 Å². The first-order valence-corrected chi connectivity index (χ1v) is 7.78. The van der Waals surface area contributed by atoms with Crippen molar-refractivity contribution < 1.29 is 0 Å². The van der Waals surface area contributed by atoms with Crippen molar-refractivity contribution >= 4 is 50.7 Å². The highest BCUT2D eigenvalue weighted by Crippen LogP contribution is 2.28. The maximum atomic E-state index is 6.19. The van der Waals surface area contributed by atoms with Gasteiger partial charge < -0.3 is 0 Å². The Bertz CT molecular complexity index is 599. The zero-order valence-corrected chi connectivity index (χ0v) is 14.2. The number of rotatable bonds is 4. The van der Waals surface area contributed by atoms with Gasteiger partial charge in [-0.15, -0.1) is 0 Å². The topological polar surface area (TPSA) is 38.0 Å². The Hall–Kier alpha value is -0.290. The molecule has 3 N–H and O–H groups in total. The van der Waals surface area contributed by atoms with E-state index in [4.69, 9.17) is 40.6 Å². The molecule has 1 unspecified atom stereocenters. The first kappa shape index (κ1) is 16.1. The first-order valence-electron chi connectivity index (χ1n) is 5.85. The van der Waals surface area contributed by atoms with E-state index in [1.54, 1.807) is 6.07 Å².